The number of rotatable bonds is 3. The van der Waals surface area contributed by atoms with E-state index in [9.17, 15) is 4.79 Å². The van der Waals surface area contributed by atoms with Crippen molar-refractivity contribution < 1.29 is 9.53 Å². The van der Waals surface area contributed by atoms with Crippen molar-refractivity contribution in [1.82, 2.24) is 0 Å². The molecule has 0 fully saturated rings. The third kappa shape index (κ3) is 2.12. The number of hydrogen-bond donors (Lipinski definition) is 0. The summed E-state index contributed by atoms with van der Waals surface area (Å²) >= 11 is 0. The molecular weight excluding hydrogens is 212 g/mol. The van der Waals surface area contributed by atoms with Gasteiger partial charge >= 0.3 is 5.97 Å². The minimum Gasteiger partial charge on any atom is -0.466 e. The van der Waals surface area contributed by atoms with Crippen LogP contribution in [0.4, 0.5) is 0 Å². The van der Waals surface area contributed by atoms with Crippen LogP contribution in [0.2, 0.25) is 0 Å². The Morgan fingerprint density at radius 3 is 2.94 bits per heavy atom. The summed E-state index contributed by atoms with van der Waals surface area (Å²) in [7, 11) is 0. The van der Waals surface area contributed by atoms with E-state index >= 15 is 0 Å². The Morgan fingerprint density at radius 1 is 1.53 bits per heavy atom. The molecule has 0 spiro atoms. The highest BCUT2D eigenvalue weighted by molar-refractivity contribution is 5.75. The molecule has 1 aliphatic rings. The van der Waals surface area contributed by atoms with E-state index in [-0.39, 0.29) is 17.8 Å². The molecule has 90 valence electrons. The van der Waals surface area contributed by atoms with Gasteiger partial charge in [0.05, 0.1) is 12.5 Å². The maximum Gasteiger partial charge on any atom is 0.309 e. The summed E-state index contributed by atoms with van der Waals surface area (Å²) in [6.07, 6.45) is 0.880. The highest BCUT2D eigenvalue weighted by Crippen LogP contribution is 2.41. The van der Waals surface area contributed by atoms with Crippen LogP contribution >= 0.6 is 0 Å². The molecule has 0 saturated carbocycles. The van der Waals surface area contributed by atoms with Crippen LogP contribution in [0.3, 0.4) is 0 Å². The molecule has 2 atom stereocenters. The van der Waals surface area contributed by atoms with E-state index in [2.05, 4.69) is 18.7 Å². The summed E-state index contributed by atoms with van der Waals surface area (Å²) in [4.78, 5) is 11.8. The summed E-state index contributed by atoms with van der Waals surface area (Å²) in [6.45, 7) is 8.30. The van der Waals surface area contributed by atoms with E-state index in [1.54, 1.807) is 0 Å². The van der Waals surface area contributed by atoms with Crippen molar-refractivity contribution in [2.45, 2.75) is 26.2 Å². The Hall–Kier alpha value is -1.57. The number of allylic oxidation sites excluding steroid dienone is 1. The van der Waals surface area contributed by atoms with Gasteiger partial charge in [0.2, 0.25) is 0 Å². The normalized spacial score (nSPS) is 19.9. The predicted octanol–water partition coefficient (Wildman–Crippen LogP) is 3.08. The van der Waals surface area contributed by atoms with Gasteiger partial charge in [-0.3, -0.25) is 4.79 Å². The SMILES string of the molecule is C=C1Cc2ccccc2C1[C@H](C)C(=O)OCC. The van der Waals surface area contributed by atoms with Crippen molar-refractivity contribution in [2.75, 3.05) is 6.61 Å². The standard InChI is InChI=1S/C15H18O2/c1-4-17-15(16)11(3)14-10(2)9-12-7-5-6-8-13(12)14/h5-8,11,14H,2,4,9H2,1,3H3/t11-,14?/m0/s1. The fraction of sp³-hybridized carbons (Fsp3) is 0.400. The number of esters is 1. The zero-order valence-corrected chi connectivity index (χ0v) is 10.4. The van der Waals surface area contributed by atoms with Crippen molar-refractivity contribution in [2.24, 2.45) is 5.92 Å². The van der Waals surface area contributed by atoms with Crippen LogP contribution < -0.4 is 0 Å². The van der Waals surface area contributed by atoms with E-state index in [0.29, 0.717) is 6.61 Å². The molecule has 1 aromatic rings. The summed E-state index contributed by atoms with van der Waals surface area (Å²) < 4.78 is 5.10. The maximum absolute atomic E-state index is 11.8. The molecular formula is C15H18O2. The molecule has 0 heterocycles. The molecule has 1 aliphatic carbocycles. The lowest BCUT2D eigenvalue weighted by Crippen LogP contribution is -2.21. The van der Waals surface area contributed by atoms with Crippen molar-refractivity contribution in [1.29, 1.82) is 0 Å². The molecule has 0 bridgehead atoms. The van der Waals surface area contributed by atoms with Gasteiger partial charge < -0.3 is 4.74 Å². The van der Waals surface area contributed by atoms with Gasteiger partial charge in [0.15, 0.2) is 0 Å². The quantitative estimate of drug-likeness (QED) is 0.589. The Kier molecular flexibility index (Phi) is 3.32. The van der Waals surface area contributed by atoms with E-state index in [0.717, 1.165) is 12.0 Å². The first kappa shape index (κ1) is 11.9. The molecule has 0 aliphatic heterocycles. The fourth-order valence-corrected chi connectivity index (χ4v) is 2.61. The van der Waals surface area contributed by atoms with Crippen LogP contribution in [0.5, 0.6) is 0 Å². The summed E-state index contributed by atoms with van der Waals surface area (Å²) in [6, 6.07) is 8.25. The van der Waals surface area contributed by atoms with E-state index in [1.807, 2.05) is 26.0 Å². The van der Waals surface area contributed by atoms with Gasteiger partial charge in [0.1, 0.15) is 0 Å². The van der Waals surface area contributed by atoms with Crippen LogP contribution in [0.1, 0.15) is 30.9 Å². The minimum absolute atomic E-state index is 0.116. The Balaban J connectivity index is 2.27. The van der Waals surface area contributed by atoms with Gasteiger partial charge in [0, 0.05) is 5.92 Å². The average Bonchev–Trinajstić information content (AvgIpc) is 2.64. The van der Waals surface area contributed by atoms with Gasteiger partial charge in [-0.2, -0.15) is 0 Å². The number of ether oxygens (including phenoxy) is 1. The Morgan fingerprint density at radius 2 is 2.24 bits per heavy atom. The van der Waals surface area contributed by atoms with Crippen LogP contribution in [-0.4, -0.2) is 12.6 Å². The first-order valence-corrected chi connectivity index (χ1v) is 6.07. The highest BCUT2D eigenvalue weighted by atomic mass is 16.5. The average molecular weight is 230 g/mol. The fourth-order valence-electron chi connectivity index (χ4n) is 2.61. The van der Waals surface area contributed by atoms with E-state index < -0.39 is 0 Å². The summed E-state index contributed by atoms with van der Waals surface area (Å²) in [5, 5.41) is 0. The number of carbonyl (C=O) groups excluding carboxylic acids is 1. The lowest BCUT2D eigenvalue weighted by molar-refractivity contribution is -0.147. The zero-order chi connectivity index (χ0) is 12.4. The second-order valence-electron chi connectivity index (χ2n) is 4.55. The van der Waals surface area contributed by atoms with Gasteiger partial charge in [-0.15, -0.1) is 0 Å². The molecule has 2 heteroatoms. The topological polar surface area (TPSA) is 26.3 Å². The third-order valence-corrected chi connectivity index (χ3v) is 3.41. The first-order chi connectivity index (χ1) is 8.15. The molecule has 0 radical (unpaired) electrons. The molecule has 17 heavy (non-hydrogen) atoms. The van der Waals surface area contributed by atoms with Gasteiger partial charge in [-0.1, -0.05) is 43.3 Å². The van der Waals surface area contributed by atoms with E-state index in [4.69, 9.17) is 4.74 Å². The smallest absolute Gasteiger partial charge is 0.309 e. The second kappa shape index (κ2) is 4.74. The van der Waals surface area contributed by atoms with Crippen LogP contribution in [0.15, 0.2) is 36.4 Å². The van der Waals surface area contributed by atoms with Gasteiger partial charge in [-0.05, 0) is 24.5 Å². The maximum atomic E-state index is 11.8. The number of carbonyl (C=O) groups is 1. The van der Waals surface area contributed by atoms with E-state index in [1.165, 1.54) is 11.1 Å². The van der Waals surface area contributed by atoms with Crippen molar-refractivity contribution >= 4 is 5.97 Å². The lowest BCUT2D eigenvalue weighted by Gasteiger charge is -2.19. The predicted molar refractivity (Wildman–Crippen MR) is 67.8 cm³/mol. The van der Waals surface area contributed by atoms with Crippen LogP contribution in [-0.2, 0) is 16.0 Å². The second-order valence-corrected chi connectivity index (χ2v) is 4.55. The van der Waals surface area contributed by atoms with Crippen molar-refractivity contribution in [3.8, 4) is 0 Å². The molecule has 1 aromatic carbocycles. The first-order valence-electron chi connectivity index (χ1n) is 6.07. The highest BCUT2D eigenvalue weighted by Gasteiger charge is 2.34. The molecule has 2 nitrogen and oxygen atoms in total. The summed E-state index contributed by atoms with van der Waals surface area (Å²) in [5.74, 6) is -0.160. The third-order valence-electron chi connectivity index (χ3n) is 3.41. The number of fused-ring (bicyclic) bond motifs is 1. The summed E-state index contributed by atoms with van der Waals surface area (Å²) in [5.41, 5.74) is 3.64. The Labute approximate surface area is 102 Å². The number of hydrogen-bond acceptors (Lipinski definition) is 2. The van der Waals surface area contributed by atoms with Crippen molar-refractivity contribution in [3.05, 3.63) is 47.5 Å². The minimum atomic E-state index is -0.147. The lowest BCUT2D eigenvalue weighted by atomic mass is 9.86. The van der Waals surface area contributed by atoms with Gasteiger partial charge in [-0.25, -0.2) is 0 Å². The zero-order valence-electron chi connectivity index (χ0n) is 10.4. The molecule has 0 amide bonds. The molecule has 0 N–H and O–H groups in total. The monoisotopic (exact) mass is 230 g/mol. The largest absolute Gasteiger partial charge is 0.466 e. The van der Waals surface area contributed by atoms with Crippen LogP contribution in [0, 0.1) is 5.92 Å². The molecule has 2 rings (SSSR count). The molecule has 1 unspecified atom stereocenters. The molecule has 0 aromatic heterocycles. The van der Waals surface area contributed by atoms with Gasteiger partial charge in [0.25, 0.3) is 0 Å². The van der Waals surface area contributed by atoms with Crippen molar-refractivity contribution in [3.63, 3.8) is 0 Å². The van der Waals surface area contributed by atoms with Crippen LogP contribution in [0.25, 0.3) is 0 Å². The molecule has 0 saturated heterocycles. The number of benzene rings is 1. The Bertz CT molecular complexity index is 448.